The van der Waals surface area contributed by atoms with E-state index in [0.717, 1.165) is 5.56 Å². The molecule has 0 amide bonds. The van der Waals surface area contributed by atoms with Crippen molar-refractivity contribution in [2.24, 2.45) is 0 Å². The zero-order chi connectivity index (χ0) is 13.1. The minimum Gasteiger partial charge on any atom is -0.495 e. The van der Waals surface area contributed by atoms with E-state index in [2.05, 4.69) is 4.98 Å². The van der Waals surface area contributed by atoms with E-state index in [1.165, 1.54) is 31.6 Å². The van der Waals surface area contributed by atoms with Crippen LogP contribution in [0.3, 0.4) is 0 Å². The summed E-state index contributed by atoms with van der Waals surface area (Å²) in [6, 6.07) is 5.73. The Labute approximate surface area is 104 Å². The van der Waals surface area contributed by atoms with E-state index in [9.17, 15) is 9.18 Å². The molecule has 1 aromatic heterocycles. The molecule has 0 radical (unpaired) electrons. The number of ether oxygens (including phenoxy) is 1. The first kappa shape index (κ1) is 12.2. The second kappa shape index (κ2) is 4.96. The molecule has 0 fully saturated rings. The Kier molecular flexibility index (Phi) is 3.37. The van der Waals surface area contributed by atoms with Gasteiger partial charge in [-0.2, -0.15) is 0 Å². The molecule has 0 unspecified atom stereocenters. The fourth-order valence-corrected chi connectivity index (χ4v) is 1.65. The predicted molar refractivity (Wildman–Crippen MR) is 65.4 cm³/mol. The minimum absolute atomic E-state index is 0.265. The van der Waals surface area contributed by atoms with E-state index in [-0.39, 0.29) is 5.78 Å². The van der Waals surface area contributed by atoms with Crippen molar-refractivity contribution in [3.8, 4) is 5.75 Å². The molecule has 0 N–H and O–H groups in total. The van der Waals surface area contributed by atoms with Gasteiger partial charge in [0.25, 0.3) is 0 Å². The number of pyridine rings is 1. The maximum atomic E-state index is 13.2. The first-order valence-corrected chi connectivity index (χ1v) is 5.41. The average molecular weight is 245 g/mol. The van der Waals surface area contributed by atoms with Crippen molar-refractivity contribution in [2.45, 2.75) is 6.92 Å². The Bertz CT molecular complexity index is 596. The van der Waals surface area contributed by atoms with E-state index in [4.69, 9.17) is 4.74 Å². The number of benzene rings is 1. The molecule has 92 valence electrons. The fraction of sp³-hybridized carbons (Fsp3) is 0.143. The summed E-state index contributed by atoms with van der Waals surface area (Å²) < 4.78 is 18.2. The SMILES string of the molecule is COc1cncc(C(=O)c2cc(F)ccc2C)c1. The normalized spacial score (nSPS) is 10.2. The number of aryl methyl sites for hydroxylation is 1. The standard InChI is InChI=1S/C14H12FNO2/c1-9-3-4-11(15)6-13(9)14(17)10-5-12(18-2)8-16-7-10/h3-8H,1-2H3. The van der Waals surface area contributed by atoms with Crippen molar-refractivity contribution in [3.05, 3.63) is 59.2 Å². The van der Waals surface area contributed by atoms with E-state index < -0.39 is 5.82 Å². The van der Waals surface area contributed by atoms with Gasteiger partial charge in [0.15, 0.2) is 5.78 Å². The van der Waals surface area contributed by atoms with Gasteiger partial charge in [-0.25, -0.2) is 4.39 Å². The first-order valence-electron chi connectivity index (χ1n) is 5.41. The molecule has 0 saturated carbocycles. The van der Waals surface area contributed by atoms with Crippen LogP contribution in [0.4, 0.5) is 4.39 Å². The van der Waals surface area contributed by atoms with Crippen LogP contribution >= 0.6 is 0 Å². The van der Waals surface area contributed by atoms with Gasteiger partial charge in [-0.3, -0.25) is 9.78 Å². The van der Waals surface area contributed by atoms with Crippen molar-refractivity contribution < 1.29 is 13.9 Å². The molecule has 2 aromatic rings. The molecule has 0 bridgehead atoms. The zero-order valence-corrected chi connectivity index (χ0v) is 10.1. The average Bonchev–Trinajstić information content (AvgIpc) is 2.41. The zero-order valence-electron chi connectivity index (χ0n) is 10.1. The monoisotopic (exact) mass is 245 g/mol. The molecule has 0 spiro atoms. The molecule has 0 aliphatic rings. The third-order valence-corrected chi connectivity index (χ3v) is 2.66. The van der Waals surface area contributed by atoms with Crippen LogP contribution in [0.15, 0.2) is 36.7 Å². The number of carbonyl (C=O) groups excluding carboxylic acids is 1. The third-order valence-electron chi connectivity index (χ3n) is 2.66. The van der Waals surface area contributed by atoms with Crippen LogP contribution in [0.2, 0.25) is 0 Å². The number of hydrogen-bond donors (Lipinski definition) is 0. The van der Waals surface area contributed by atoms with Crippen molar-refractivity contribution in [3.63, 3.8) is 0 Å². The van der Waals surface area contributed by atoms with Crippen LogP contribution in [0.5, 0.6) is 5.75 Å². The lowest BCUT2D eigenvalue weighted by Crippen LogP contribution is -2.05. The lowest BCUT2D eigenvalue weighted by molar-refractivity contribution is 0.103. The van der Waals surface area contributed by atoms with E-state index in [1.54, 1.807) is 19.1 Å². The molecule has 2 rings (SSSR count). The van der Waals surface area contributed by atoms with Gasteiger partial charge in [0, 0.05) is 17.3 Å². The molecule has 1 heterocycles. The molecule has 0 aliphatic carbocycles. The smallest absolute Gasteiger partial charge is 0.195 e. The van der Waals surface area contributed by atoms with Gasteiger partial charge in [-0.05, 0) is 30.7 Å². The Morgan fingerprint density at radius 1 is 1.28 bits per heavy atom. The second-order valence-electron chi connectivity index (χ2n) is 3.90. The van der Waals surface area contributed by atoms with Crippen molar-refractivity contribution >= 4 is 5.78 Å². The number of ketones is 1. The van der Waals surface area contributed by atoms with Crippen LogP contribution in [-0.2, 0) is 0 Å². The van der Waals surface area contributed by atoms with Crippen LogP contribution in [-0.4, -0.2) is 17.9 Å². The highest BCUT2D eigenvalue weighted by Crippen LogP contribution is 2.18. The quantitative estimate of drug-likeness (QED) is 0.780. The Morgan fingerprint density at radius 3 is 2.78 bits per heavy atom. The third kappa shape index (κ3) is 2.37. The topological polar surface area (TPSA) is 39.2 Å². The van der Waals surface area contributed by atoms with Gasteiger partial charge >= 0.3 is 0 Å². The molecule has 4 heteroatoms. The summed E-state index contributed by atoms with van der Waals surface area (Å²) in [5.74, 6) is -0.201. The lowest BCUT2D eigenvalue weighted by atomic mass is 10.00. The highest BCUT2D eigenvalue weighted by atomic mass is 19.1. The second-order valence-corrected chi connectivity index (χ2v) is 3.90. The molecule has 18 heavy (non-hydrogen) atoms. The summed E-state index contributed by atoms with van der Waals surface area (Å²) in [5.41, 5.74) is 1.44. The lowest BCUT2D eigenvalue weighted by Gasteiger charge is -2.06. The van der Waals surface area contributed by atoms with Crippen LogP contribution in [0.1, 0.15) is 21.5 Å². The Hall–Kier alpha value is -2.23. The number of carbonyl (C=O) groups is 1. The van der Waals surface area contributed by atoms with E-state index >= 15 is 0 Å². The van der Waals surface area contributed by atoms with Gasteiger partial charge in [-0.15, -0.1) is 0 Å². The van der Waals surface area contributed by atoms with E-state index in [1.807, 2.05) is 0 Å². The number of methoxy groups -OCH3 is 1. The first-order chi connectivity index (χ1) is 8.61. The molecule has 0 aliphatic heterocycles. The van der Waals surface area contributed by atoms with Crippen LogP contribution in [0, 0.1) is 12.7 Å². The number of hydrogen-bond acceptors (Lipinski definition) is 3. The summed E-state index contributed by atoms with van der Waals surface area (Å²) in [7, 11) is 1.50. The summed E-state index contributed by atoms with van der Waals surface area (Å²) in [4.78, 5) is 16.1. The van der Waals surface area contributed by atoms with E-state index in [0.29, 0.717) is 16.9 Å². The summed E-state index contributed by atoms with van der Waals surface area (Å²) in [6.07, 6.45) is 2.95. The molecule has 0 saturated heterocycles. The highest BCUT2D eigenvalue weighted by molar-refractivity contribution is 6.09. The minimum atomic E-state index is -0.431. The largest absolute Gasteiger partial charge is 0.495 e. The number of aromatic nitrogens is 1. The maximum absolute atomic E-state index is 13.2. The summed E-state index contributed by atoms with van der Waals surface area (Å²) in [6.45, 7) is 1.76. The summed E-state index contributed by atoms with van der Waals surface area (Å²) in [5, 5.41) is 0. The fourth-order valence-electron chi connectivity index (χ4n) is 1.65. The van der Waals surface area contributed by atoms with Gasteiger partial charge in [0.2, 0.25) is 0 Å². The van der Waals surface area contributed by atoms with Gasteiger partial charge < -0.3 is 4.74 Å². The Morgan fingerprint density at radius 2 is 2.06 bits per heavy atom. The highest BCUT2D eigenvalue weighted by Gasteiger charge is 2.13. The van der Waals surface area contributed by atoms with Gasteiger partial charge in [0.05, 0.1) is 13.3 Å². The molecular formula is C14H12FNO2. The number of nitrogens with zero attached hydrogens (tertiary/aromatic N) is 1. The van der Waals surface area contributed by atoms with Crippen molar-refractivity contribution in [1.82, 2.24) is 4.98 Å². The van der Waals surface area contributed by atoms with Crippen molar-refractivity contribution in [1.29, 1.82) is 0 Å². The van der Waals surface area contributed by atoms with Crippen molar-refractivity contribution in [2.75, 3.05) is 7.11 Å². The number of rotatable bonds is 3. The molecular weight excluding hydrogens is 233 g/mol. The summed E-state index contributed by atoms with van der Waals surface area (Å²) >= 11 is 0. The molecule has 1 aromatic carbocycles. The predicted octanol–water partition coefficient (Wildman–Crippen LogP) is 2.77. The van der Waals surface area contributed by atoms with Crippen LogP contribution < -0.4 is 4.74 Å². The van der Waals surface area contributed by atoms with Gasteiger partial charge in [-0.1, -0.05) is 6.07 Å². The van der Waals surface area contributed by atoms with Gasteiger partial charge in [0.1, 0.15) is 11.6 Å². The number of halogens is 1. The maximum Gasteiger partial charge on any atom is 0.195 e. The van der Waals surface area contributed by atoms with Crippen LogP contribution in [0.25, 0.3) is 0 Å². The Balaban J connectivity index is 2.44. The molecule has 0 atom stereocenters. The molecule has 3 nitrogen and oxygen atoms in total.